The van der Waals surface area contributed by atoms with Gasteiger partial charge in [-0.3, -0.25) is 9.36 Å². The average molecular weight is 523 g/mol. The Kier molecular flexibility index (Phi) is 7.96. The van der Waals surface area contributed by atoms with Crippen LogP contribution in [0, 0.1) is 0 Å². The van der Waals surface area contributed by atoms with E-state index in [9.17, 15) is 4.79 Å². The van der Waals surface area contributed by atoms with Crippen LogP contribution in [0.5, 0.6) is 0 Å². The monoisotopic (exact) mass is 520 g/mol. The standard InChI is InChI=1S/C19H13Cl5N4OS/c1-2-5-28-18(10-3-4-12(21)13(22)6-10)26-27-19(28)30-9-16(29)25-17-14(23)7-11(20)8-15(17)24/h2-4,6-8H,1,5,9H2,(H,25,29). The molecular weight excluding hydrogens is 510 g/mol. The first-order valence-electron chi connectivity index (χ1n) is 8.37. The summed E-state index contributed by atoms with van der Waals surface area (Å²) in [5.41, 5.74) is 1.05. The van der Waals surface area contributed by atoms with Crippen LogP contribution in [0.1, 0.15) is 0 Å². The summed E-state index contributed by atoms with van der Waals surface area (Å²) in [5.74, 6) is 0.335. The molecule has 1 N–H and O–H groups in total. The number of thioether (sulfide) groups is 1. The second-order valence-electron chi connectivity index (χ2n) is 5.92. The molecule has 11 heteroatoms. The Hall–Kier alpha value is -1.41. The number of benzene rings is 2. The number of nitrogens with zero attached hydrogens (tertiary/aromatic N) is 3. The van der Waals surface area contributed by atoms with E-state index >= 15 is 0 Å². The number of aromatic nitrogens is 3. The molecule has 0 saturated carbocycles. The molecule has 30 heavy (non-hydrogen) atoms. The maximum atomic E-state index is 12.4. The summed E-state index contributed by atoms with van der Waals surface area (Å²) in [6, 6.07) is 8.19. The molecule has 0 unspecified atom stereocenters. The molecule has 5 nitrogen and oxygen atoms in total. The highest BCUT2D eigenvalue weighted by Gasteiger charge is 2.17. The summed E-state index contributed by atoms with van der Waals surface area (Å²) >= 11 is 31.4. The van der Waals surface area contributed by atoms with E-state index in [-0.39, 0.29) is 21.7 Å². The number of rotatable bonds is 7. The number of allylic oxidation sites excluding steroid dienone is 1. The van der Waals surface area contributed by atoms with Crippen molar-refractivity contribution in [2.45, 2.75) is 11.7 Å². The summed E-state index contributed by atoms with van der Waals surface area (Å²) in [6.45, 7) is 4.21. The van der Waals surface area contributed by atoms with Crippen LogP contribution in [-0.4, -0.2) is 26.4 Å². The molecule has 0 fully saturated rings. The summed E-state index contributed by atoms with van der Waals surface area (Å²) in [7, 11) is 0. The second-order valence-corrected chi connectivity index (χ2v) is 8.92. The Balaban J connectivity index is 1.77. The molecule has 3 aromatic rings. The summed E-state index contributed by atoms with van der Waals surface area (Å²) < 4.78 is 1.83. The first kappa shape index (κ1) is 23.3. The first-order chi connectivity index (χ1) is 14.3. The minimum atomic E-state index is -0.310. The van der Waals surface area contributed by atoms with Gasteiger partial charge in [0.15, 0.2) is 11.0 Å². The maximum Gasteiger partial charge on any atom is 0.234 e. The molecule has 0 atom stereocenters. The van der Waals surface area contributed by atoms with Crippen molar-refractivity contribution in [2.24, 2.45) is 0 Å². The SMILES string of the molecule is C=CCn1c(SCC(=O)Nc2c(Cl)cc(Cl)cc2Cl)nnc1-c1ccc(Cl)c(Cl)c1. The van der Waals surface area contributed by atoms with Crippen LogP contribution in [0.25, 0.3) is 11.4 Å². The highest BCUT2D eigenvalue weighted by atomic mass is 35.5. The van der Waals surface area contributed by atoms with Crippen molar-refractivity contribution in [1.82, 2.24) is 14.8 Å². The van der Waals surface area contributed by atoms with Crippen molar-refractivity contribution in [3.63, 3.8) is 0 Å². The molecule has 0 aliphatic rings. The minimum Gasteiger partial charge on any atom is -0.323 e. The quantitative estimate of drug-likeness (QED) is 0.265. The molecule has 0 spiro atoms. The van der Waals surface area contributed by atoms with E-state index in [2.05, 4.69) is 22.1 Å². The van der Waals surface area contributed by atoms with Crippen molar-refractivity contribution < 1.29 is 4.79 Å². The van der Waals surface area contributed by atoms with Crippen molar-refractivity contribution in [2.75, 3.05) is 11.1 Å². The molecule has 0 aliphatic carbocycles. The van der Waals surface area contributed by atoms with Gasteiger partial charge in [-0.2, -0.15) is 0 Å². The molecule has 156 valence electrons. The number of hydrogen-bond donors (Lipinski definition) is 1. The molecule has 3 rings (SSSR count). The number of nitrogens with one attached hydrogen (secondary N) is 1. The third-order valence-corrected chi connectivity index (χ3v) is 6.33. The van der Waals surface area contributed by atoms with Gasteiger partial charge in [-0.1, -0.05) is 75.8 Å². The van der Waals surface area contributed by atoms with Gasteiger partial charge < -0.3 is 5.32 Å². The Labute approximate surface area is 202 Å². The first-order valence-corrected chi connectivity index (χ1v) is 11.2. The zero-order valence-electron chi connectivity index (χ0n) is 15.1. The fraction of sp³-hybridized carbons (Fsp3) is 0.105. The van der Waals surface area contributed by atoms with Crippen LogP contribution >= 0.6 is 69.8 Å². The Morgan fingerprint density at radius 1 is 1.03 bits per heavy atom. The number of halogens is 5. The number of anilines is 1. The normalized spacial score (nSPS) is 10.8. The van der Waals surface area contributed by atoms with E-state index in [4.69, 9.17) is 58.0 Å². The fourth-order valence-electron chi connectivity index (χ4n) is 2.51. The predicted molar refractivity (Wildman–Crippen MR) is 127 cm³/mol. The highest BCUT2D eigenvalue weighted by Crippen LogP contribution is 2.34. The van der Waals surface area contributed by atoms with E-state index in [1.54, 1.807) is 24.3 Å². The van der Waals surface area contributed by atoms with Crippen LogP contribution in [0.3, 0.4) is 0 Å². The molecule has 1 aromatic heterocycles. The number of amides is 1. The van der Waals surface area contributed by atoms with Crippen LogP contribution < -0.4 is 5.32 Å². The van der Waals surface area contributed by atoms with Gasteiger partial charge in [0.25, 0.3) is 0 Å². The number of carbonyl (C=O) groups excluding carboxylic acids is 1. The topological polar surface area (TPSA) is 59.8 Å². The van der Waals surface area contributed by atoms with Gasteiger partial charge in [0.1, 0.15) is 0 Å². The fourth-order valence-corrected chi connectivity index (χ4v) is 4.46. The van der Waals surface area contributed by atoms with E-state index in [0.717, 1.165) is 5.56 Å². The van der Waals surface area contributed by atoms with Gasteiger partial charge in [0, 0.05) is 17.1 Å². The summed E-state index contributed by atoms with van der Waals surface area (Å²) in [4.78, 5) is 12.4. The lowest BCUT2D eigenvalue weighted by Crippen LogP contribution is -2.15. The van der Waals surface area contributed by atoms with Gasteiger partial charge in [-0.15, -0.1) is 16.8 Å². The van der Waals surface area contributed by atoms with Crippen LogP contribution in [0.15, 0.2) is 48.1 Å². The van der Waals surface area contributed by atoms with Gasteiger partial charge >= 0.3 is 0 Å². The zero-order chi connectivity index (χ0) is 21.8. The van der Waals surface area contributed by atoms with Crippen molar-refractivity contribution in [1.29, 1.82) is 0 Å². The molecule has 1 amide bonds. The number of carbonyl (C=O) groups is 1. The van der Waals surface area contributed by atoms with Gasteiger partial charge in [-0.05, 0) is 30.3 Å². The maximum absolute atomic E-state index is 12.4. The van der Waals surface area contributed by atoms with Gasteiger partial charge in [0.2, 0.25) is 5.91 Å². The average Bonchev–Trinajstić information content (AvgIpc) is 3.08. The third-order valence-electron chi connectivity index (χ3n) is 3.81. The molecule has 0 bridgehead atoms. The minimum absolute atomic E-state index is 0.0614. The molecule has 2 aromatic carbocycles. The third kappa shape index (κ3) is 5.44. The van der Waals surface area contributed by atoms with Gasteiger partial charge in [-0.25, -0.2) is 0 Å². The van der Waals surface area contributed by atoms with E-state index in [0.29, 0.717) is 38.3 Å². The molecule has 0 saturated heterocycles. The van der Waals surface area contributed by atoms with Gasteiger partial charge in [0.05, 0.1) is 31.5 Å². The molecular formula is C19H13Cl5N4OS. The van der Waals surface area contributed by atoms with Crippen molar-refractivity contribution in [3.05, 3.63) is 68.1 Å². The molecule has 1 heterocycles. The van der Waals surface area contributed by atoms with Crippen LogP contribution in [-0.2, 0) is 11.3 Å². The Morgan fingerprint density at radius 3 is 2.37 bits per heavy atom. The largest absolute Gasteiger partial charge is 0.323 e. The number of hydrogen-bond acceptors (Lipinski definition) is 4. The molecule has 0 aliphatic heterocycles. The van der Waals surface area contributed by atoms with Crippen molar-refractivity contribution >= 4 is 81.4 Å². The Morgan fingerprint density at radius 2 is 1.73 bits per heavy atom. The lowest BCUT2D eigenvalue weighted by Gasteiger charge is -2.10. The van der Waals surface area contributed by atoms with Crippen LogP contribution in [0.2, 0.25) is 25.1 Å². The predicted octanol–water partition coefficient (Wildman–Crippen LogP) is 7.13. The second kappa shape index (κ2) is 10.3. The highest BCUT2D eigenvalue weighted by molar-refractivity contribution is 7.99. The van der Waals surface area contributed by atoms with E-state index in [1.165, 1.54) is 23.9 Å². The lowest BCUT2D eigenvalue weighted by molar-refractivity contribution is -0.113. The zero-order valence-corrected chi connectivity index (χ0v) is 19.7. The van der Waals surface area contributed by atoms with Crippen LogP contribution in [0.4, 0.5) is 5.69 Å². The van der Waals surface area contributed by atoms with Crippen molar-refractivity contribution in [3.8, 4) is 11.4 Å². The summed E-state index contributed by atoms with van der Waals surface area (Å²) in [6.07, 6.45) is 1.71. The lowest BCUT2D eigenvalue weighted by atomic mass is 10.2. The van der Waals surface area contributed by atoms with E-state index in [1.807, 2.05) is 4.57 Å². The smallest absolute Gasteiger partial charge is 0.234 e. The van der Waals surface area contributed by atoms with E-state index < -0.39 is 0 Å². The Bertz CT molecular complexity index is 1100. The summed E-state index contributed by atoms with van der Waals surface area (Å²) in [5, 5.41) is 13.4. The molecule has 0 radical (unpaired) electrons.